The lowest BCUT2D eigenvalue weighted by molar-refractivity contribution is -0.658. The second-order valence-corrected chi connectivity index (χ2v) is 7.95. The molecule has 0 amide bonds. The molecule has 3 aromatic heterocycles. The SMILES string of the molecule is [2H]C([2H])([2H])c1c[n+](C)c(N2B(C)c3oc4nc(C)ccc4c3C=C2C)cc1-c1ccccc1. The average molecular weight is 397 g/mol. The van der Waals surface area contributed by atoms with Gasteiger partial charge in [0.25, 0.3) is 5.82 Å². The highest BCUT2D eigenvalue weighted by atomic mass is 16.3. The van der Waals surface area contributed by atoms with Crippen LogP contribution in [0.5, 0.6) is 0 Å². The topological polar surface area (TPSA) is 33.2 Å². The quantitative estimate of drug-likeness (QED) is 0.365. The maximum atomic E-state index is 8.10. The van der Waals surface area contributed by atoms with Gasteiger partial charge in [0.15, 0.2) is 0 Å². The van der Waals surface area contributed by atoms with Gasteiger partial charge in [0.2, 0.25) is 5.71 Å². The minimum absolute atomic E-state index is 0.0899. The van der Waals surface area contributed by atoms with Gasteiger partial charge < -0.3 is 4.42 Å². The molecule has 0 unspecified atom stereocenters. The van der Waals surface area contributed by atoms with Crippen molar-refractivity contribution in [3.8, 4) is 11.1 Å². The second-order valence-electron chi connectivity index (χ2n) is 7.95. The number of rotatable bonds is 2. The lowest BCUT2D eigenvalue weighted by Gasteiger charge is -2.26. The van der Waals surface area contributed by atoms with E-state index < -0.39 is 6.85 Å². The Morgan fingerprint density at radius 1 is 1.13 bits per heavy atom. The van der Waals surface area contributed by atoms with Gasteiger partial charge in [0.1, 0.15) is 5.66 Å². The van der Waals surface area contributed by atoms with Crippen LogP contribution in [0.2, 0.25) is 6.82 Å². The molecule has 4 heterocycles. The largest absolute Gasteiger partial charge is 0.447 e. The van der Waals surface area contributed by atoms with Crippen LogP contribution in [0.1, 0.15) is 27.9 Å². The summed E-state index contributed by atoms with van der Waals surface area (Å²) in [4.78, 5) is 6.75. The Morgan fingerprint density at radius 3 is 2.70 bits per heavy atom. The fourth-order valence-electron chi connectivity index (χ4n) is 4.38. The number of hydrogen-bond acceptors (Lipinski definition) is 3. The zero-order valence-electron chi connectivity index (χ0n) is 20.6. The first-order chi connectivity index (χ1) is 15.6. The minimum Gasteiger partial charge on any atom is -0.447 e. The van der Waals surface area contributed by atoms with Gasteiger partial charge in [-0.25, -0.2) is 9.55 Å². The van der Waals surface area contributed by atoms with E-state index >= 15 is 0 Å². The van der Waals surface area contributed by atoms with Gasteiger partial charge in [0, 0.05) is 26.8 Å². The molecule has 0 aliphatic carbocycles. The van der Waals surface area contributed by atoms with E-state index in [0.717, 1.165) is 39.4 Å². The summed E-state index contributed by atoms with van der Waals surface area (Å²) in [7, 11) is 1.89. The van der Waals surface area contributed by atoms with Crippen LogP contribution in [-0.2, 0) is 7.05 Å². The summed E-state index contributed by atoms with van der Waals surface area (Å²) in [6, 6.07) is 15.7. The molecule has 1 aliphatic heterocycles. The minimum atomic E-state index is -2.23. The van der Waals surface area contributed by atoms with Crippen molar-refractivity contribution in [2.45, 2.75) is 27.5 Å². The maximum Gasteiger partial charge on any atom is 0.447 e. The van der Waals surface area contributed by atoms with E-state index in [4.69, 9.17) is 8.53 Å². The first kappa shape index (κ1) is 15.5. The van der Waals surface area contributed by atoms with Crippen LogP contribution in [0.25, 0.3) is 28.3 Å². The lowest BCUT2D eigenvalue weighted by atomic mass is 9.57. The Labute approximate surface area is 181 Å². The summed E-state index contributed by atoms with van der Waals surface area (Å²) in [6.07, 6.45) is 3.85. The highest BCUT2D eigenvalue weighted by molar-refractivity contribution is 6.76. The summed E-state index contributed by atoms with van der Waals surface area (Å²) in [5.74, 6) is 0.887. The molecule has 0 spiro atoms. The number of fused-ring (bicyclic) bond motifs is 3. The summed E-state index contributed by atoms with van der Waals surface area (Å²) in [6.45, 7) is 3.81. The Kier molecular flexibility index (Phi) is 3.55. The number of hydrogen-bond donors (Lipinski definition) is 0. The summed E-state index contributed by atoms with van der Waals surface area (Å²) >= 11 is 0. The van der Waals surface area contributed by atoms with Gasteiger partial charge in [-0.05, 0) is 62.4 Å². The molecule has 1 aromatic carbocycles. The molecular formula is C25H25BN3O+. The molecule has 0 bridgehead atoms. The van der Waals surface area contributed by atoms with E-state index in [1.807, 2.05) is 61.0 Å². The predicted octanol–water partition coefficient (Wildman–Crippen LogP) is 4.65. The molecule has 148 valence electrons. The van der Waals surface area contributed by atoms with Crippen molar-refractivity contribution < 1.29 is 13.1 Å². The Bertz CT molecular complexity index is 1410. The third kappa shape index (κ3) is 2.85. The van der Waals surface area contributed by atoms with E-state index in [9.17, 15) is 0 Å². The molecule has 0 radical (unpaired) electrons. The second kappa shape index (κ2) is 6.87. The zero-order valence-corrected chi connectivity index (χ0v) is 17.6. The first-order valence-electron chi connectivity index (χ1n) is 11.6. The fourth-order valence-corrected chi connectivity index (χ4v) is 4.38. The zero-order chi connectivity index (χ0) is 23.5. The fraction of sp³-hybridized carbons (Fsp3) is 0.200. The van der Waals surface area contributed by atoms with Crippen molar-refractivity contribution in [1.82, 2.24) is 4.98 Å². The van der Waals surface area contributed by atoms with Gasteiger partial charge in [-0.2, -0.15) is 0 Å². The van der Waals surface area contributed by atoms with Gasteiger partial charge in [-0.1, -0.05) is 30.3 Å². The highest BCUT2D eigenvalue weighted by Gasteiger charge is 2.41. The summed E-state index contributed by atoms with van der Waals surface area (Å²) in [5.41, 5.74) is 6.43. The summed E-state index contributed by atoms with van der Waals surface area (Å²) < 4.78 is 32.4. The number of furan rings is 1. The highest BCUT2D eigenvalue weighted by Crippen LogP contribution is 2.32. The number of pyridine rings is 2. The number of benzene rings is 1. The molecule has 30 heavy (non-hydrogen) atoms. The van der Waals surface area contributed by atoms with E-state index in [0.29, 0.717) is 16.8 Å². The van der Waals surface area contributed by atoms with Gasteiger partial charge in [-0.3, -0.25) is 4.81 Å². The Morgan fingerprint density at radius 2 is 1.93 bits per heavy atom. The molecule has 1 aliphatic rings. The molecule has 0 fully saturated rings. The Balaban J connectivity index is 1.69. The van der Waals surface area contributed by atoms with Gasteiger partial charge >= 0.3 is 6.85 Å². The van der Waals surface area contributed by atoms with Crippen molar-refractivity contribution in [2.75, 3.05) is 4.81 Å². The van der Waals surface area contributed by atoms with Crippen molar-refractivity contribution in [2.24, 2.45) is 7.05 Å². The van der Waals surface area contributed by atoms with Crippen molar-refractivity contribution >= 4 is 35.5 Å². The maximum absolute atomic E-state index is 8.10. The van der Waals surface area contributed by atoms with Crippen LogP contribution < -0.4 is 15.0 Å². The third-order valence-electron chi connectivity index (χ3n) is 5.84. The molecule has 5 heteroatoms. The molecular weight excluding hydrogens is 369 g/mol. The van der Waals surface area contributed by atoms with Crippen LogP contribution in [0.4, 0.5) is 5.82 Å². The van der Waals surface area contributed by atoms with E-state index in [1.165, 1.54) is 0 Å². The van der Waals surface area contributed by atoms with Crippen LogP contribution in [-0.4, -0.2) is 11.8 Å². The van der Waals surface area contributed by atoms with Crippen molar-refractivity contribution in [3.63, 3.8) is 0 Å². The van der Waals surface area contributed by atoms with E-state index in [-0.39, 0.29) is 6.85 Å². The third-order valence-corrected chi connectivity index (χ3v) is 5.84. The molecule has 0 saturated carbocycles. The molecule has 4 aromatic rings. The molecule has 0 saturated heterocycles. The van der Waals surface area contributed by atoms with E-state index in [2.05, 4.69) is 35.7 Å². The molecule has 0 atom stereocenters. The van der Waals surface area contributed by atoms with Crippen LogP contribution in [0, 0.1) is 13.8 Å². The summed E-state index contributed by atoms with van der Waals surface area (Å²) in [5, 5.41) is 1.01. The normalized spacial score (nSPS) is 15.5. The van der Waals surface area contributed by atoms with Gasteiger partial charge in [0.05, 0.1) is 18.9 Å². The standard InChI is InChI=1S/C25H25BN3O/c1-16-15-28(5)23(14-21(16)19-9-7-6-8-10-19)29-18(3)13-22-20-12-11-17(2)27-25(20)30-24(22)26(29)4/h6-15H,1-5H3/q+1/i1D3. The lowest BCUT2D eigenvalue weighted by Crippen LogP contribution is -2.52. The predicted molar refractivity (Wildman–Crippen MR) is 124 cm³/mol. The monoisotopic (exact) mass is 397 g/mol. The van der Waals surface area contributed by atoms with Crippen LogP contribution >= 0.6 is 0 Å². The Hall–Kier alpha value is -3.34. The molecule has 4 nitrogen and oxygen atoms in total. The number of aromatic nitrogens is 2. The average Bonchev–Trinajstić information content (AvgIpc) is 3.12. The molecule has 0 N–H and O–H groups in total. The number of anilines is 1. The van der Waals surface area contributed by atoms with Crippen molar-refractivity contribution in [1.29, 1.82) is 0 Å². The number of allylic oxidation sites excluding steroid dienone is 1. The van der Waals surface area contributed by atoms with Gasteiger partial charge in [-0.15, -0.1) is 0 Å². The number of aryl methyl sites for hydroxylation is 3. The van der Waals surface area contributed by atoms with Crippen LogP contribution in [0.3, 0.4) is 0 Å². The number of nitrogens with zero attached hydrogens (tertiary/aromatic N) is 3. The van der Waals surface area contributed by atoms with Crippen molar-refractivity contribution in [3.05, 3.63) is 77.2 Å². The first-order valence-corrected chi connectivity index (χ1v) is 10.1. The molecule has 5 rings (SSSR count). The smallest absolute Gasteiger partial charge is 0.447 e. The van der Waals surface area contributed by atoms with Crippen LogP contribution in [0.15, 0.2) is 64.8 Å². The van der Waals surface area contributed by atoms with E-state index in [1.54, 1.807) is 6.20 Å².